The Balaban J connectivity index is 1.87. The lowest BCUT2D eigenvalue weighted by molar-refractivity contribution is -0.154. The monoisotopic (exact) mass is 405 g/mol. The molecule has 0 heterocycles. The van der Waals surface area contributed by atoms with Crippen LogP contribution in [0.2, 0.25) is 0 Å². The number of ether oxygens (including phenoxy) is 1. The number of likely N-dealkylation sites (N-methyl/N-ethyl adjacent to an activating group) is 1. The molecule has 0 atom stereocenters. The number of nitrogens with one attached hydrogen (secondary N) is 1. The van der Waals surface area contributed by atoms with Crippen LogP contribution in [-0.2, 0) is 9.59 Å². The molecule has 6 nitrogen and oxygen atoms in total. The zero-order valence-corrected chi connectivity index (χ0v) is 15.5. The van der Waals surface area contributed by atoms with Crippen molar-refractivity contribution in [3.8, 4) is 16.9 Å². The second-order valence-electron chi connectivity index (χ2n) is 6.54. The molecule has 2 aromatic rings. The topological polar surface area (TPSA) is 78.9 Å². The number of hydroxylamine groups is 2. The van der Waals surface area contributed by atoms with Crippen LogP contribution in [0.25, 0.3) is 11.1 Å². The fourth-order valence-corrected chi connectivity index (χ4v) is 3.21. The van der Waals surface area contributed by atoms with Crippen LogP contribution in [0.4, 0.5) is 14.5 Å². The van der Waals surface area contributed by atoms with E-state index in [1.54, 1.807) is 0 Å². The van der Waals surface area contributed by atoms with Crippen molar-refractivity contribution < 1.29 is 32.4 Å². The van der Waals surface area contributed by atoms with E-state index >= 15 is 0 Å². The standard InChI is InChI=1S/C21H20F2N2O4/c1-25(28)21(27)16-8-4-7-15(16)20(26)24-19-17(22)10-13(11-18(19)23)12-5-3-6-14(9-12)29-2/h3,5-6,9-11,28H,4,7-8H2,1-2H3,(H,24,26)/i2D3. The van der Waals surface area contributed by atoms with E-state index in [4.69, 9.17) is 8.85 Å². The summed E-state index contributed by atoms with van der Waals surface area (Å²) in [4.78, 5) is 24.6. The van der Waals surface area contributed by atoms with E-state index < -0.39 is 36.2 Å². The minimum Gasteiger partial charge on any atom is -0.497 e. The van der Waals surface area contributed by atoms with Gasteiger partial charge in [-0.05, 0) is 54.7 Å². The molecule has 152 valence electrons. The summed E-state index contributed by atoms with van der Waals surface area (Å²) in [6.07, 6.45) is 1.000. The summed E-state index contributed by atoms with van der Waals surface area (Å²) in [5.74, 6) is -3.68. The molecule has 0 radical (unpaired) electrons. The first-order valence-corrected chi connectivity index (χ1v) is 8.75. The average molecular weight is 405 g/mol. The molecule has 1 aliphatic rings. The van der Waals surface area contributed by atoms with Gasteiger partial charge in [-0.25, -0.2) is 13.8 Å². The third-order valence-electron chi connectivity index (χ3n) is 4.61. The smallest absolute Gasteiger partial charge is 0.273 e. The molecule has 0 aliphatic heterocycles. The van der Waals surface area contributed by atoms with Crippen LogP contribution >= 0.6 is 0 Å². The van der Waals surface area contributed by atoms with Crippen LogP contribution < -0.4 is 10.1 Å². The van der Waals surface area contributed by atoms with E-state index in [9.17, 15) is 23.6 Å². The van der Waals surface area contributed by atoms with Gasteiger partial charge in [0.15, 0.2) is 0 Å². The molecule has 2 amide bonds. The van der Waals surface area contributed by atoms with Gasteiger partial charge in [-0.2, -0.15) is 0 Å². The van der Waals surface area contributed by atoms with Crippen LogP contribution in [0.5, 0.6) is 5.75 Å². The van der Waals surface area contributed by atoms with Crippen molar-refractivity contribution in [2.24, 2.45) is 0 Å². The molecule has 8 heteroatoms. The predicted molar refractivity (Wildman–Crippen MR) is 102 cm³/mol. The molecule has 1 aliphatic carbocycles. The van der Waals surface area contributed by atoms with Crippen LogP contribution in [0, 0.1) is 11.6 Å². The number of anilines is 1. The van der Waals surface area contributed by atoms with E-state index in [0.29, 0.717) is 17.0 Å². The lowest BCUT2D eigenvalue weighted by Gasteiger charge is -2.13. The lowest BCUT2D eigenvalue weighted by atomic mass is 10.0. The summed E-state index contributed by atoms with van der Waals surface area (Å²) in [6.45, 7) is 0. The van der Waals surface area contributed by atoms with E-state index in [2.05, 4.69) is 5.32 Å². The van der Waals surface area contributed by atoms with Gasteiger partial charge in [0.05, 0.1) is 11.2 Å². The molecule has 0 saturated carbocycles. The van der Waals surface area contributed by atoms with E-state index in [1.165, 1.54) is 24.3 Å². The highest BCUT2D eigenvalue weighted by Gasteiger charge is 2.28. The lowest BCUT2D eigenvalue weighted by Crippen LogP contribution is -2.26. The SMILES string of the molecule is [2H]C([2H])([2H])Oc1cccc(-c2cc(F)c(NC(=O)C3=C(C(=O)N(C)O)CCC3)c(F)c2)c1. The highest BCUT2D eigenvalue weighted by Crippen LogP contribution is 2.32. The number of nitrogens with zero attached hydrogens (tertiary/aromatic N) is 1. The first-order valence-electron chi connectivity index (χ1n) is 10.2. The first kappa shape index (κ1) is 16.7. The summed E-state index contributed by atoms with van der Waals surface area (Å²) in [5.41, 5.74) is -0.117. The maximum atomic E-state index is 14.7. The molecule has 2 aromatic carbocycles. The second kappa shape index (κ2) is 8.40. The van der Waals surface area contributed by atoms with Crippen molar-refractivity contribution in [1.29, 1.82) is 0 Å². The molecule has 0 fully saturated rings. The number of hydrogen-bond acceptors (Lipinski definition) is 4. The minimum absolute atomic E-state index is 0.0000795. The Morgan fingerprint density at radius 2 is 1.83 bits per heavy atom. The molecule has 0 unspecified atom stereocenters. The fraction of sp³-hybridized carbons (Fsp3) is 0.238. The highest BCUT2D eigenvalue weighted by molar-refractivity contribution is 6.10. The fourth-order valence-electron chi connectivity index (χ4n) is 3.21. The maximum absolute atomic E-state index is 14.7. The van der Waals surface area contributed by atoms with Crippen molar-refractivity contribution in [1.82, 2.24) is 5.06 Å². The summed E-state index contributed by atoms with van der Waals surface area (Å²) >= 11 is 0. The number of carbonyl (C=O) groups is 2. The molecule has 29 heavy (non-hydrogen) atoms. The van der Waals surface area contributed by atoms with Gasteiger partial charge in [0.1, 0.15) is 23.1 Å². The zero-order valence-electron chi connectivity index (χ0n) is 18.5. The number of amides is 2. The van der Waals surface area contributed by atoms with Crippen LogP contribution in [0.1, 0.15) is 23.4 Å². The third-order valence-corrected chi connectivity index (χ3v) is 4.61. The van der Waals surface area contributed by atoms with Gasteiger partial charge in [0.25, 0.3) is 11.8 Å². The number of carbonyl (C=O) groups excluding carboxylic acids is 2. The number of rotatable bonds is 5. The summed E-state index contributed by atoms with van der Waals surface area (Å²) in [7, 11) is -1.55. The largest absolute Gasteiger partial charge is 0.497 e. The van der Waals surface area contributed by atoms with Crippen molar-refractivity contribution in [2.75, 3.05) is 19.4 Å². The second-order valence-corrected chi connectivity index (χ2v) is 6.54. The maximum Gasteiger partial charge on any atom is 0.273 e. The molecular formula is C21H20F2N2O4. The van der Waals surface area contributed by atoms with Gasteiger partial charge in [-0.15, -0.1) is 0 Å². The van der Waals surface area contributed by atoms with Gasteiger partial charge in [0.2, 0.25) is 0 Å². The third kappa shape index (κ3) is 4.27. The number of halogens is 2. The molecule has 3 rings (SSSR count). The Labute approximate surface area is 170 Å². The van der Waals surface area contributed by atoms with E-state index in [-0.39, 0.29) is 35.3 Å². The normalized spacial score (nSPS) is 15.4. The van der Waals surface area contributed by atoms with Crippen molar-refractivity contribution in [3.05, 3.63) is 59.2 Å². The Morgan fingerprint density at radius 3 is 2.48 bits per heavy atom. The quantitative estimate of drug-likeness (QED) is 0.584. The van der Waals surface area contributed by atoms with Gasteiger partial charge >= 0.3 is 0 Å². The molecular weight excluding hydrogens is 382 g/mol. The predicted octanol–water partition coefficient (Wildman–Crippen LogP) is 3.91. The Hall–Kier alpha value is -3.26. The molecule has 0 aromatic heterocycles. The molecule has 0 bridgehead atoms. The van der Waals surface area contributed by atoms with Crippen molar-refractivity contribution >= 4 is 17.5 Å². The first-order chi connectivity index (χ1) is 15.0. The zero-order chi connectivity index (χ0) is 23.6. The summed E-state index contributed by atoms with van der Waals surface area (Å²) in [6, 6.07) is 7.70. The Kier molecular flexibility index (Phi) is 4.83. The van der Waals surface area contributed by atoms with E-state index in [1.807, 2.05) is 0 Å². The van der Waals surface area contributed by atoms with Crippen LogP contribution in [-0.4, -0.2) is 36.2 Å². The van der Waals surface area contributed by atoms with Crippen molar-refractivity contribution in [3.63, 3.8) is 0 Å². The number of methoxy groups -OCH3 is 1. The minimum atomic E-state index is -2.68. The van der Waals surface area contributed by atoms with Crippen LogP contribution in [0.3, 0.4) is 0 Å². The number of benzene rings is 2. The van der Waals surface area contributed by atoms with Gasteiger partial charge in [0, 0.05) is 18.2 Å². The van der Waals surface area contributed by atoms with Gasteiger partial charge in [-0.3, -0.25) is 14.8 Å². The van der Waals surface area contributed by atoms with Gasteiger partial charge in [-0.1, -0.05) is 12.1 Å². The Bertz CT molecular complexity index is 1080. The highest BCUT2D eigenvalue weighted by atomic mass is 19.1. The van der Waals surface area contributed by atoms with Crippen LogP contribution in [0.15, 0.2) is 47.5 Å². The van der Waals surface area contributed by atoms with Gasteiger partial charge < -0.3 is 10.1 Å². The molecule has 0 spiro atoms. The Morgan fingerprint density at radius 1 is 1.14 bits per heavy atom. The molecule has 0 saturated heterocycles. The summed E-state index contributed by atoms with van der Waals surface area (Å²) < 4.78 is 55.6. The summed E-state index contributed by atoms with van der Waals surface area (Å²) in [5, 5.41) is 11.9. The average Bonchev–Trinajstić information content (AvgIpc) is 3.18. The number of hydrogen-bond donors (Lipinski definition) is 2. The van der Waals surface area contributed by atoms with E-state index in [0.717, 1.165) is 19.2 Å². The van der Waals surface area contributed by atoms with Crippen molar-refractivity contribution in [2.45, 2.75) is 19.3 Å². The molecule has 2 N–H and O–H groups in total.